The SMILES string of the molecule is COC(C)Cc1ccc(C(C)(C)C)cc1. The van der Waals surface area contributed by atoms with E-state index in [2.05, 4.69) is 52.0 Å². The molecule has 1 heteroatoms. The summed E-state index contributed by atoms with van der Waals surface area (Å²) in [5, 5.41) is 0. The molecule has 0 N–H and O–H groups in total. The van der Waals surface area contributed by atoms with Gasteiger partial charge in [0.1, 0.15) is 0 Å². The quantitative estimate of drug-likeness (QED) is 0.734. The fourth-order valence-electron chi connectivity index (χ4n) is 1.56. The van der Waals surface area contributed by atoms with Crippen molar-refractivity contribution in [1.29, 1.82) is 0 Å². The van der Waals surface area contributed by atoms with Gasteiger partial charge in [0.05, 0.1) is 6.10 Å². The van der Waals surface area contributed by atoms with E-state index < -0.39 is 0 Å². The predicted molar refractivity (Wildman–Crippen MR) is 65.3 cm³/mol. The largest absolute Gasteiger partial charge is 0.381 e. The maximum Gasteiger partial charge on any atom is 0.0583 e. The van der Waals surface area contributed by atoms with Crippen LogP contribution in [0, 0.1) is 0 Å². The van der Waals surface area contributed by atoms with Crippen LogP contribution in [0.3, 0.4) is 0 Å². The highest BCUT2D eigenvalue weighted by atomic mass is 16.5. The average molecular weight is 206 g/mol. The summed E-state index contributed by atoms with van der Waals surface area (Å²) in [4.78, 5) is 0. The molecule has 15 heavy (non-hydrogen) atoms. The first-order valence-corrected chi connectivity index (χ1v) is 5.55. The van der Waals surface area contributed by atoms with Crippen LogP contribution in [0.15, 0.2) is 24.3 Å². The molecule has 84 valence electrons. The maximum absolute atomic E-state index is 5.25. The van der Waals surface area contributed by atoms with Crippen molar-refractivity contribution in [3.05, 3.63) is 35.4 Å². The van der Waals surface area contributed by atoms with E-state index in [4.69, 9.17) is 4.74 Å². The van der Waals surface area contributed by atoms with Crippen molar-refractivity contribution in [2.45, 2.75) is 45.6 Å². The number of hydrogen-bond acceptors (Lipinski definition) is 1. The number of rotatable bonds is 3. The topological polar surface area (TPSA) is 9.23 Å². The zero-order valence-corrected chi connectivity index (χ0v) is 10.5. The lowest BCUT2D eigenvalue weighted by Gasteiger charge is -2.19. The van der Waals surface area contributed by atoms with Crippen LogP contribution in [0.1, 0.15) is 38.8 Å². The van der Waals surface area contributed by atoms with E-state index in [-0.39, 0.29) is 5.41 Å². The van der Waals surface area contributed by atoms with Crippen molar-refractivity contribution in [3.8, 4) is 0 Å². The molecule has 1 unspecified atom stereocenters. The standard InChI is InChI=1S/C14H22O/c1-11(15-5)10-12-6-8-13(9-7-12)14(2,3)4/h6-9,11H,10H2,1-5H3. The molecule has 0 aliphatic heterocycles. The monoisotopic (exact) mass is 206 g/mol. The van der Waals surface area contributed by atoms with Gasteiger partial charge in [-0.25, -0.2) is 0 Å². The third-order valence-electron chi connectivity index (χ3n) is 2.75. The van der Waals surface area contributed by atoms with Crippen molar-refractivity contribution in [3.63, 3.8) is 0 Å². The molecule has 0 saturated heterocycles. The van der Waals surface area contributed by atoms with Gasteiger partial charge in [0.25, 0.3) is 0 Å². The fraction of sp³-hybridized carbons (Fsp3) is 0.571. The Morgan fingerprint density at radius 3 is 2.07 bits per heavy atom. The van der Waals surface area contributed by atoms with Crippen LogP contribution in [0.25, 0.3) is 0 Å². The third-order valence-corrected chi connectivity index (χ3v) is 2.75. The minimum Gasteiger partial charge on any atom is -0.381 e. The van der Waals surface area contributed by atoms with Crippen molar-refractivity contribution in [2.75, 3.05) is 7.11 Å². The summed E-state index contributed by atoms with van der Waals surface area (Å²) in [6, 6.07) is 8.85. The highest BCUT2D eigenvalue weighted by Crippen LogP contribution is 2.22. The molecule has 0 aliphatic rings. The minimum atomic E-state index is 0.241. The van der Waals surface area contributed by atoms with E-state index in [0.717, 1.165) is 6.42 Å². The van der Waals surface area contributed by atoms with Gasteiger partial charge in [0, 0.05) is 7.11 Å². The summed E-state index contributed by atoms with van der Waals surface area (Å²) >= 11 is 0. The molecular formula is C14H22O. The number of ether oxygens (including phenoxy) is 1. The van der Waals surface area contributed by atoms with Gasteiger partial charge in [-0.15, -0.1) is 0 Å². The van der Waals surface area contributed by atoms with Gasteiger partial charge in [0.15, 0.2) is 0 Å². The van der Waals surface area contributed by atoms with E-state index in [1.54, 1.807) is 7.11 Å². The van der Waals surface area contributed by atoms with Gasteiger partial charge in [-0.2, -0.15) is 0 Å². The zero-order valence-electron chi connectivity index (χ0n) is 10.5. The first-order valence-electron chi connectivity index (χ1n) is 5.55. The molecule has 1 aromatic rings. The average Bonchev–Trinajstić information content (AvgIpc) is 2.17. The molecule has 0 aliphatic carbocycles. The molecule has 1 atom stereocenters. The van der Waals surface area contributed by atoms with E-state index in [1.807, 2.05) is 0 Å². The second-order valence-electron chi connectivity index (χ2n) is 5.20. The fourth-order valence-corrected chi connectivity index (χ4v) is 1.56. The lowest BCUT2D eigenvalue weighted by atomic mass is 9.86. The number of benzene rings is 1. The van der Waals surface area contributed by atoms with Crippen LogP contribution in [0.5, 0.6) is 0 Å². The molecule has 0 saturated carbocycles. The number of hydrogen-bond donors (Lipinski definition) is 0. The van der Waals surface area contributed by atoms with Crippen LogP contribution in [0.2, 0.25) is 0 Å². The molecule has 0 aromatic heterocycles. The molecule has 1 aromatic carbocycles. The molecule has 0 spiro atoms. The number of methoxy groups -OCH3 is 1. The highest BCUT2D eigenvalue weighted by molar-refractivity contribution is 5.27. The summed E-state index contributed by atoms with van der Waals surface area (Å²) in [6.07, 6.45) is 1.28. The van der Waals surface area contributed by atoms with Gasteiger partial charge in [-0.3, -0.25) is 0 Å². The molecule has 1 nitrogen and oxygen atoms in total. The molecule has 0 radical (unpaired) electrons. The third kappa shape index (κ3) is 3.67. The van der Waals surface area contributed by atoms with Crippen molar-refractivity contribution in [1.82, 2.24) is 0 Å². The van der Waals surface area contributed by atoms with Gasteiger partial charge < -0.3 is 4.74 Å². The Labute approximate surface area is 93.5 Å². The molecule has 1 rings (SSSR count). The Bertz CT molecular complexity index is 292. The Morgan fingerprint density at radius 1 is 1.13 bits per heavy atom. The lowest BCUT2D eigenvalue weighted by Crippen LogP contribution is -2.12. The van der Waals surface area contributed by atoms with Gasteiger partial charge >= 0.3 is 0 Å². The second-order valence-corrected chi connectivity index (χ2v) is 5.20. The summed E-state index contributed by atoms with van der Waals surface area (Å²) in [6.45, 7) is 8.80. The van der Waals surface area contributed by atoms with Crippen LogP contribution >= 0.6 is 0 Å². The minimum absolute atomic E-state index is 0.241. The van der Waals surface area contributed by atoms with E-state index in [9.17, 15) is 0 Å². The van der Waals surface area contributed by atoms with Crippen LogP contribution in [0.4, 0.5) is 0 Å². The molecule has 0 amide bonds. The van der Waals surface area contributed by atoms with E-state index >= 15 is 0 Å². The normalized spacial score (nSPS) is 13.9. The van der Waals surface area contributed by atoms with Crippen LogP contribution in [-0.4, -0.2) is 13.2 Å². The summed E-state index contributed by atoms with van der Waals surface area (Å²) < 4.78 is 5.25. The molecule has 0 heterocycles. The maximum atomic E-state index is 5.25. The summed E-state index contributed by atoms with van der Waals surface area (Å²) in [7, 11) is 1.76. The smallest absolute Gasteiger partial charge is 0.0583 e. The first-order chi connectivity index (χ1) is 6.93. The Balaban J connectivity index is 2.73. The Morgan fingerprint density at radius 2 is 1.67 bits per heavy atom. The predicted octanol–water partition coefficient (Wildman–Crippen LogP) is 3.56. The lowest BCUT2D eigenvalue weighted by molar-refractivity contribution is 0.119. The van der Waals surface area contributed by atoms with Crippen LogP contribution in [-0.2, 0) is 16.6 Å². The van der Waals surface area contributed by atoms with E-state index in [1.165, 1.54) is 11.1 Å². The van der Waals surface area contributed by atoms with Gasteiger partial charge in [-0.1, -0.05) is 45.0 Å². The first kappa shape index (κ1) is 12.3. The summed E-state index contributed by atoms with van der Waals surface area (Å²) in [5.74, 6) is 0. The molecule has 0 fully saturated rings. The van der Waals surface area contributed by atoms with Crippen molar-refractivity contribution < 1.29 is 4.74 Å². The zero-order chi connectivity index (χ0) is 11.5. The van der Waals surface area contributed by atoms with Crippen molar-refractivity contribution in [2.24, 2.45) is 0 Å². The van der Waals surface area contributed by atoms with Crippen LogP contribution < -0.4 is 0 Å². The van der Waals surface area contributed by atoms with E-state index in [0.29, 0.717) is 6.10 Å². The Hall–Kier alpha value is -0.820. The summed E-state index contributed by atoms with van der Waals surface area (Å²) in [5.41, 5.74) is 2.97. The molecular weight excluding hydrogens is 184 g/mol. The molecule has 0 bridgehead atoms. The van der Waals surface area contributed by atoms with Gasteiger partial charge in [-0.05, 0) is 29.9 Å². The highest BCUT2D eigenvalue weighted by Gasteiger charge is 2.13. The Kier molecular flexibility index (Phi) is 3.92. The van der Waals surface area contributed by atoms with Gasteiger partial charge in [0.2, 0.25) is 0 Å². The second kappa shape index (κ2) is 4.80. The van der Waals surface area contributed by atoms with Crippen molar-refractivity contribution >= 4 is 0 Å².